The SMILES string of the molecule is O=C1COc2ccc(-n3cc(C4CCNCC4)nn3)cc2N1. The molecule has 0 bridgehead atoms. The average molecular weight is 299 g/mol. The summed E-state index contributed by atoms with van der Waals surface area (Å²) in [6.45, 7) is 2.12. The first-order chi connectivity index (χ1) is 10.8. The first kappa shape index (κ1) is 13.3. The minimum Gasteiger partial charge on any atom is -0.482 e. The summed E-state index contributed by atoms with van der Waals surface area (Å²) in [6.07, 6.45) is 4.16. The van der Waals surface area contributed by atoms with Gasteiger partial charge in [0.05, 0.1) is 23.3 Å². The highest BCUT2D eigenvalue weighted by Gasteiger charge is 2.20. The molecule has 2 aromatic rings. The fourth-order valence-electron chi connectivity index (χ4n) is 2.92. The van der Waals surface area contributed by atoms with Crippen molar-refractivity contribution in [1.29, 1.82) is 0 Å². The summed E-state index contributed by atoms with van der Waals surface area (Å²) in [6, 6.07) is 5.61. The summed E-state index contributed by atoms with van der Waals surface area (Å²) in [4.78, 5) is 11.4. The number of amides is 1. The number of hydrogen-bond acceptors (Lipinski definition) is 5. The largest absolute Gasteiger partial charge is 0.482 e. The molecule has 114 valence electrons. The van der Waals surface area contributed by atoms with Crippen molar-refractivity contribution >= 4 is 11.6 Å². The highest BCUT2D eigenvalue weighted by Crippen LogP contribution is 2.30. The van der Waals surface area contributed by atoms with E-state index >= 15 is 0 Å². The van der Waals surface area contributed by atoms with Crippen molar-refractivity contribution in [2.75, 3.05) is 25.0 Å². The molecule has 0 unspecified atom stereocenters. The normalized spacial score (nSPS) is 18.5. The quantitative estimate of drug-likeness (QED) is 0.867. The highest BCUT2D eigenvalue weighted by molar-refractivity contribution is 5.95. The summed E-state index contributed by atoms with van der Waals surface area (Å²) in [7, 11) is 0. The maximum atomic E-state index is 11.4. The number of carbonyl (C=O) groups excluding carboxylic acids is 1. The van der Waals surface area contributed by atoms with E-state index in [0.717, 1.165) is 37.3 Å². The van der Waals surface area contributed by atoms with E-state index in [9.17, 15) is 4.79 Å². The zero-order valence-electron chi connectivity index (χ0n) is 12.1. The van der Waals surface area contributed by atoms with Gasteiger partial charge < -0.3 is 15.4 Å². The van der Waals surface area contributed by atoms with Crippen molar-refractivity contribution in [2.45, 2.75) is 18.8 Å². The molecule has 22 heavy (non-hydrogen) atoms. The summed E-state index contributed by atoms with van der Waals surface area (Å²) in [5, 5.41) is 14.7. The van der Waals surface area contributed by atoms with Crippen LogP contribution in [0.5, 0.6) is 5.75 Å². The molecule has 2 aliphatic heterocycles. The van der Waals surface area contributed by atoms with Gasteiger partial charge in [-0.3, -0.25) is 4.79 Å². The van der Waals surface area contributed by atoms with Crippen molar-refractivity contribution in [3.63, 3.8) is 0 Å². The van der Waals surface area contributed by atoms with Crippen LogP contribution in [0.2, 0.25) is 0 Å². The highest BCUT2D eigenvalue weighted by atomic mass is 16.5. The molecule has 1 amide bonds. The zero-order chi connectivity index (χ0) is 14.9. The third-order valence-electron chi connectivity index (χ3n) is 4.13. The molecule has 1 fully saturated rings. The Morgan fingerprint density at radius 1 is 1.27 bits per heavy atom. The molecule has 2 N–H and O–H groups in total. The number of anilines is 1. The fourth-order valence-corrected chi connectivity index (χ4v) is 2.92. The van der Waals surface area contributed by atoms with Crippen LogP contribution in [0.4, 0.5) is 5.69 Å². The number of carbonyl (C=O) groups is 1. The Bertz CT molecular complexity index is 706. The maximum absolute atomic E-state index is 11.4. The topological polar surface area (TPSA) is 81.1 Å². The smallest absolute Gasteiger partial charge is 0.262 e. The van der Waals surface area contributed by atoms with E-state index in [1.54, 1.807) is 4.68 Å². The van der Waals surface area contributed by atoms with E-state index < -0.39 is 0 Å². The molecule has 0 aliphatic carbocycles. The molecule has 7 heteroatoms. The van der Waals surface area contributed by atoms with Crippen LogP contribution < -0.4 is 15.4 Å². The first-order valence-electron chi connectivity index (χ1n) is 7.49. The van der Waals surface area contributed by atoms with Gasteiger partial charge in [-0.15, -0.1) is 5.10 Å². The van der Waals surface area contributed by atoms with Crippen LogP contribution in [0.3, 0.4) is 0 Å². The molecule has 1 aromatic heterocycles. The van der Waals surface area contributed by atoms with Crippen LogP contribution in [0.15, 0.2) is 24.4 Å². The molecule has 0 saturated carbocycles. The Labute approximate surface area is 127 Å². The van der Waals surface area contributed by atoms with E-state index in [1.165, 1.54) is 0 Å². The van der Waals surface area contributed by atoms with Crippen molar-refractivity contribution in [3.05, 3.63) is 30.1 Å². The van der Waals surface area contributed by atoms with Gasteiger partial charge in [-0.25, -0.2) is 4.68 Å². The molecule has 1 aromatic carbocycles. The molecule has 0 spiro atoms. The number of piperidine rings is 1. The number of ether oxygens (including phenoxy) is 1. The average Bonchev–Trinajstić information content (AvgIpc) is 3.05. The number of rotatable bonds is 2. The molecule has 0 atom stereocenters. The second kappa shape index (κ2) is 5.42. The Morgan fingerprint density at radius 2 is 2.14 bits per heavy atom. The summed E-state index contributed by atoms with van der Waals surface area (Å²) < 4.78 is 7.11. The van der Waals surface area contributed by atoms with Crippen LogP contribution in [0, 0.1) is 0 Å². The van der Waals surface area contributed by atoms with E-state index in [0.29, 0.717) is 17.4 Å². The molecule has 4 rings (SSSR count). The Balaban J connectivity index is 1.61. The van der Waals surface area contributed by atoms with E-state index in [4.69, 9.17) is 4.74 Å². The lowest BCUT2D eigenvalue weighted by molar-refractivity contribution is -0.118. The Morgan fingerprint density at radius 3 is 3.00 bits per heavy atom. The number of benzene rings is 1. The van der Waals surface area contributed by atoms with Crippen LogP contribution in [-0.4, -0.2) is 40.6 Å². The molecule has 2 aliphatic rings. The standard InChI is InChI=1S/C15H17N5O2/c21-15-9-22-14-2-1-11(7-12(14)17-15)20-8-13(18-19-20)10-3-5-16-6-4-10/h1-2,7-8,10,16H,3-6,9H2,(H,17,21). The molecular formula is C15H17N5O2. The number of fused-ring (bicyclic) bond motifs is 1. The monoisotopic (exact) mass is 299 g/mol. The van der Waals surface area contributed by atoms with Gasteiger partial charge in [-0.05, 0) is 44.1 Å². The summed E-state index contributed by atoms with van der Waals surface area (Å²) in [5.74, 6) is 1.01. The van der Waals surface area contributed by atoms with Gasteiger partial charge in [0.15, 0.2) is 6.61 Å². The number of nitrogens with zero attached hydrogens (tertiary/aromatic N) is 3. The van der Waals surface area contributed by atoms with Gasteiger partial charge in [0.2, 0.25) is 0 Å². The molecule has 3 heterocycles. The van der Waals surface area contributed by atoms with Gasteiger partial charge in [0, 0.05) is 5.92 Å². The molecule has 7 nitrogen and oxygen atoms in total. The number of hydrogen-bond donors (Lipinski definition) is 2. The van der Waals surface area contributed by atoms with Crippen molar-refractivity contribution in [1.82, 2.24) is 20.3 Å². The fraction of sp³-hybridized carbons (Fsp3) is 0.400. The van der Waals surface area contributed by atoms with Crippen LogP contribution >= 0.6 is 0 Å². The predicted octanol–water partition coefficient (Wildman–Crippen LogP) is 1.07. The van der Waals surface area contributed by atoms with Crippen LogP contribution in [-0.2, 0) is 4.79 Å². The Hall–Kier alpha value is -2.41. The van der Waals surface area contributed by atoms with E-state index in [-0.39, 0.29) is 12.5 Å². The Kier molecular flexibility index (Phi) is 3.27. The third kappa shape index (κ3) is 2.43. The van der Waals surface area contributed by atoms with Crippen LogP contribution in [0.1, 0.15) is 24.5 Å². The second-order valence-electron chi connectivity index (χ2n) is 5.63. The lowest BCUT2D eigenvalue weighted by atomic mass is 9.95. The lowest BCUT2D eigenvalue weighted by Crippen LogP contribution is -2.26. The minimum absolute atomic E-state index is 0.0650. The predicted molar refractivity (Wildman–Crippen MR) is 80.3 cm³/mol. The number of aromatic nitrogens is 3. The maximum Gasteiger partial charge on any atom is 0.262 e. The van der Waals surface area contributed by atoms with Gasteiger partial charge in [-0.1, -0.05) is 5.21 Å². The zero-order valence-corrected chi connectivity index (χ0v) is 12.1. The van der Waals surface area contributed by atoms with Gasteiger partial charge in [0.1, 0.15) is 5.75 Å². The van der Waals surface area contributed by atoms with Crippen molar-refractivity contribution in [2.24, 2.45) is 0 Å². The van der Waals surface area contributed by atoms with Gasteiger partial charge >= 0.3 is 0 Å². The molecule has 1 saturated heterocycles. The second-order valence-corrected chi connectivity index (χ2v) is 5.63. The van der Waals surface area contributed by atoms with Gasteiger partial charge in [0.25, 0.3) is 5.91 Å². The van der Waals surface area contributed by atoms with Crippen LogP contribution in [0.25, 0.3) is 5.69 Å². The first-order valence-corrected chi connectivity index (χ1v) is 7.49. The molecular weight excluding hydrogens is 282 g/mol. The summed E-state index contributed by atoms with van der Waals surface area (Å²) in [5.41, 5.74) is 2.56. The minimum atomic E-state index is -0.140. The third-order valence-corrected chi connectivity index (χ3v) is 4.13. The molecule has 0 radical (unpaired) electrons. The van der Waals surface area contributed by atoms with E-state index in [2.05, 4.69) is 20.9 Å². The summed E-state index contributed by atoms with van der Waals surface area (Å²) >= 11 is 0. The van der Waals surface area contributed by atoms with Crippen molar-refractivity contribution < 1.29 is 9.53 Å². The lowest BCUT2D eigenvalue weighted by Gasteiger charge is -2.20. The number of nitrogens with one attached hydrogen (secondary N) is 2. The van der Waals surface area contributed by atoms with Gasteiger partial charge in [-0.2, -0.15) is 0 Å². The van der Waals surface area contributed by atoms with E-state index in [1.807, 2.05) is 24.4 Å². The van der Waals surface area contributed by atoms with Crippen molar-refractivity contribution in [3.8, 4) is 11.4 Å².